The van der Waals surface area contributed by atoms with E-state index in [1.54, 1.807) is 37.4 Å². The molecule has 0 aromatic heterocycles. The van der Waals surface area contributed by atoms with E-state index < -0.39 is 0 Å². The van der Waals surface area contributed by atoms with Crippen molar-refractivity contribution >= 4 is 34.8 Å². The molecule has 0 fully saturated rings. The highest BCUT2D eigenvalue weighted by molar-refractivity contribution is 6.35. The number of halogens is 2. The van der Waals surface area contributed by atoms with Crippen molar-refractivity contribution in [2.45, 2.75) is 6.54 Å². The molecular weight excluding hydrogens is 311 g/mol. The molecule has 0 saturated carbocycles. The van der Waals surface area contributed by atoms with Gasteiger partial charge in [0.2, 0.25) is 0 Å². The van der Waals surface area contributed by atoms with Crippen LogP contribution < -0.4 is 15.8 Å². The van der Waals surface area contributed by atoms with Gasteiger partial charge in [0, 0.05) is 22.2 Å². The average Bonchev–Trinajstić information content (AvgIpc) is 2.43. The summed E-state index contributed by atoms with van der Waals surface area (Å²) in [6.07, 6.45) is 0. The summed E-state index contributed by atoms with van der Waals surface area (Å²) >= 11 is 11.7. The number of benzene rings is 2. The maximum atomic E-state index is 12.0. The van der Waals surface area contributed by atoms with Crippen LogP contribution in [0.15, 0.2) is 36.4 Å². The summed E-state index contributed by atoms with van der Waals surface area (Å²) in [6.45, 7) is 0.344. The molecule has 0 atom stereocenters. The molecule has 0 radical (unpaired) electrons. The number of anilines is 1. The molecule has 0 spiro atoms. The van der Waals surface area contributed by atoms with Crippen LogP contribution in [0.5, 0.6) is 5.75 Å². The van der Waals surface area contributed by atoms with Gasteiger partial charge in [0.1, 0.15) is 5.75 Å². The zero-order chi connectivity index (χ0) is 15.4. The number of carbonyl (C=O) groups is 1. The van der Waals surface area contributed by atoms with Crippen LogP contribution in [0.3, 0.4) is 0 Å². The minimum absolute atomic E-state index is 0.256. The van der Waals surface area contributed by atoms with E-state index in [9.17, 15) is 4.79 Å². The monoisotopic (exact) mass is 324 g/mol. The van der Waals surface area contributed by atoms with Crippen molar-refractivity contribution in [3.05, 3.63) is 57.6 Å². The van der Waals surface area contributed by atoms with E-state index in [1.807, 2.05) is 6.07 Å². The van der Waals surface area contributed by atoms with Crippen LogP contribution in [-0.4, -0.2) is 13.0 Å². The quantitative estimate of drug-likeness (QED) is 0.846. The van der Waals surface area contributed by atoms with E-state index in [-0.39, 0.29) is 5.91 Å². The second-order valence-corrected chi connectivity index (χ2v) is 5.29. The van der Waals surface area contributed by atoms with E-state index in [0.29, 0.717) is 33.6 Å². The fourth-order valence-electron chi connectivity index (χ4n) is 1.86. The summed E-state index contributed by atoms with van der Waals surface area (Å²) in [5, 5.41) is 3.62. The molecule has 2 aromatic rings. The lowest BCUT2D eigenvalue weighted by Gasteiger charge is -2.09. The van der Waals surface area contributed by atoms with Gasteiger partial charge in [-0.15, -0.1) is 0 Å². The van der Waals surface area contributed by atoms with Gasteiger partial charge in [-0.3, -0.25) is 4.79 Å². The summed E-state index contributed by atoms with van der Waals surface area (Å²) in [5.74, 6) is 0.348. The minimum Gasteiger partial charge on any atom is -0.495 e. The first-order valence-electron chi connectivity index (χ1n) is 6.16. The summed E-state index contributed by atoms with van der Waals surface area (Å²) in [5.41, 5.74) is 7.62. The Hall–Kier alpha value is -1.91. The number of rotatable bonds is 4. The molecule has 0 bridgehead atoms. The number of nitrogens with one attached hydrogen (secondary N) is 1. The third kappa shape index (κ3) is 4.03. The Morgan fingerprint density at radius 3 is 2.43 bits per heavy atom. The average molecular weight is 325 g/mol. The van der Waals surface area contributed by atoms with Crippen molar-refractivity contribution in [3.63, 3.8) is 0 Å². The first-order chi connectivity index (χ1) is 9.99. The lowest BCUT2D eigenvalue weighted by molar-refractivity contribution is 0.0951. The highest BCUT2D eigenvalue weighted by atomic mass is 35.5. The summed E-state index contributed by atoms with van der Waals surface area (Å²) < 4.78 is 5.08. The zero-order valence-corrected chi connectivity index (χ0v) is 12.8. The minimum atomic E-state index is -0.256. The largest absolute Gasteiger partial charge is 0.495 e. The molecule has 0 saturated heterocycles. The van der Waals surface area contributed by atoms with E-state index in [4.69, 9.17) is 33.7 Å². The molecule has 0 aliphatic heterocycles. The smallest absolute Gasteiger partial charge is 0.251 e. The molecule has 4 nitrogen and oxygen atoms in total. The zero-order valence-electron chi connectivity index (χ0n) is 11.3. The number of nitrogen functional groups attached to an aromatic ring is 1. The Morgan fingerprint density at radius 2 is 1.86 bits per heavy atom. The van der Waals surface area contributed by atoms with Crippen LogP contribution in [0.4, 0.5) is 5.69 Å². The van der Waals surface area contributed by atoms with Gasteiger partial charge < -0.3 is 15.8 Å². The maximum Gasteiger partial charge on any atom is 0.251 e. The first-order valence-corrected chi connectivity index (χ1v) is 6.92. The number of methoxy groups -OCH3 is 1. The van der Waals surface area contributed by atoms with Gasteiger partial charge in [-0.25, -0.2) is 0 Å². The van der Waals surface area contributed by atoms with Gasteiger partial charge in [-0.1, -0.05) is 29.3 Å². The molecule has 110 valence electrons. The number of hydrogen-bond acceptors (Lipinski definition) is 3. The number of ether oxygens (including phenoxy) is 1. The number of carbonyl (C=O) groups excluding carboxylic acids is 1. The second kappa shape index (κ2) is 6.70. The SMILES string of the molecule is COc1ccc(CNC(=O)c2cc(Cl)cc(Cl)c2)cc1N. The number of nitrogens with two attached hydrogens (primary N) is 1. The molecule has 0 unspecified atom stereocenters. The fraction of sp³-hybridized carbons (Fsp3) is 0.133. The van der Waals surface area contributed by atoms with Crippen molar-refractivity contribution in [1.29, 1.82) is 0 Å². The number of amides is 1. The van der Waals surface area contributed by atoms with Gasteiger partial charge in [0.25, 0.3) is 5.91 Å². The molecule has 2 aromatic carbocycles. The van der Waals surface area contributed by atoms with Crippen molar-refractivity contribution in [3.8, 4) is 5.75 Å². The molecule has 0 heterocycles. The lowest BCUT2D eigenvalue weighted by Crippen LogP contribution is -2.22. The van der Waals surface area contributed by atoms with Crippen LogP contribution in [0.1, 0.15) is 15.9 Å². The van der Waals surface area contributed by atoms with Crippen LogP contribution in [0.25, 0.3) is 0 Å². The van der Waals surface area contributed by atoms with E-state index in [1.165, 1.54) is 0 Å². The predicted molar refractivity (Wildman–Crippen MR) is 85.0 cm³/mol. The highest BCUT2D eigenvalue weighted by Gasteiger charge is 2.08. The molecule has 0 aliphatic rings. The lowest BCUT2D eigenvalue weighted by atomic mass is 10.1. The van der Waals surface area contributed by atoms with E-state index in [0.717, 1.165) is 5.56 Å². The molecular formula is C15H14Cl2N2O2. The van der Waals surface area contributed by atoms with Crippen molar-refractivity contribution < 1.29 is 9.53 Å². The van der Waals surface area contributed by atoms with Gasteiger partial charge in [-0.2, -0.15) is 0 Å². The Bertz CT molecular complexity index is 654. The van der Waals surface area contributed by atoms with Gasteiger partial charge in [0.15, 0.2) is 0 Å². The third-order valence-electron chi connectivity index (χ3n) is 2.87. The van der Waals surface area contributed by atoms with Gasteiger partial charge >= 0.3 is 0 Å². The van der Waals surface area contributed by atoms with E-state index >= 15 is 0 Å². The fourth-order valence-corrected chi connectivity index (χ4v) is 2.39. The van der Waals surface area contributed by atoms with Crippen LogP contribution in [0, 0.1) is 0 Å². The summed E-state index contributed by atoms with van der Waals surface area (Å²) in [4.78, 5) is 12.0. The van der Waals surface area contributed by atoms with E-state index in [2.05, 4.69) is 5.32 Å². The topological polar surface area (TPSA) is 64.3 Å². The highest BCUT2D eigenvalue weighted by Crippen LogP contribution is 2.22. The predicted octanol–water partition coefficient (Wildman–Crippen LogP) is 3.51. The Morgan fingerprint density at radius 1 is 1.19 bits per heavy atom. The standard InChI is InChI=1S/C15H14Cl2N2O2/c1-21-14-3-2-9(4-13(14)18)8-19-15(20)10-5-11(16)7-12(17)6-10/h2-7H,8,18H2,1H3,(H,19,20). The van der Waals surface area contributed by atoms with Gasteiger partial charge in [0.05, 0.1) is 12.8 Å². The van der Waals surface area contributed by atoms with Crippen molar-refractivity contribution in [2.75, 3.05) is 12.8 Å². The Balaban J connectivity index is 2.05. The Kier molecular flexibility index (Phi) is 4.94. The van der Waals surface area contributed by atoms with Gasteiger partial charge in [-0.05, 0) is 35.9 Å². The summed E-state index contributed by atoms with van der Waals surface area (Å²) in [7, 11) is 1.55. The Labute approximate surface area is 132 Å². The van der Waals surface area contributed by atoms with Crippen molar-refractivity contribution in [1.82, 2.24) is 5.32 Å². The summed E-state index contributed by atoms with van der Waals surface area (Å²) in [6, 6.07) is 10.0. The molecule has 6 heteroatoms. The third-order valence-corrected chi connectivity index (χ3v) is 3.31. The second-order valence-electron chi connectivity index (χ2n) is 4.42. The molecule has 3 N–H and O–H groups in total. The van der Waals surface area contributed by atoms with Crippen LogP contribution in [0.2, 0.25) is 10.0 Å². The van der Waals surface area contributed by atoms with Crippen molar-refractivity contribution in [2.24, 2.45) is 0 Å². The molecule has 1 amide bonds. The van der Waals surface area contributed by atoms with Crippen LogP contribution in [-0.2, 0) is 6.54 Å². The van der Waals surface area contributed by atoms with Crippen LogP contribution >= 0.6 is 23.2 Å². The normalized spacial score (nSPS) is 10.2. The molecule has 21 heavy (non-hydrogen) atoms. The molecule has 2 rings (SSSR count). The number of hydrogen-bond donors (Lipinski definition) is 2. The maximum absolute atomic E-state index is 12.0. The molecule has 0 aliphatic carbocycles. The first kappa shape index (κ1) is 15.5.